The number of benzene rings is 2. The third-order valence-corrected chi connectivity index (χ3v) is 3.41. The molecular weight excluding hydrogens is 332 g/mol. The number of carbonyl (C=O) groups is 1. The van der Waals surface area contributed by atoms with E-state index in [9.17, 15) is 4.79 Å². The standard InChI is InChI=1S/C15H13BrN4O/c1-9(21)17-11-3-5-12(6-4-11)18-15-19-13-7-2-10(16)8-14(13)20-15/h2-8H,1H3,(H,17,21)(H2,18,19,20). The number of amides is 1. The van der Waals surface area contributed by atoms with E-state index in [4.69, 9.17) is 0 Å². The number of hydrogen-bond acceptors (Lipinski definition) is 3. The Labute approximate surface area is 129 Å². The second-order valence-corrected chi connectivity index (χ2v) is 5.55. The van der Waals surface area contributed by atoms with Gasteiger partial charge in [-0.3, -0.25) is 4.79 Å². The second-order valence-electron chi connectivity index (χ2n) is 4.63. The molecule has 3 aromatic rings. The Morgan fingerprint density at radius 1 is 1.14 bits per heavy atom. The van der Waals surface area contributed by atoms with E-state index < -0.39 is 0 Å². The maximum Gasteiger partial charge on any atom is 0.221 e. The number of H-pyrrole nitrogens is 1. The van der Waals surface area contributed by atoms with Gasteiger partial charge in [-0.05, 0) is 42.5 Å². The number of imidazole rings is 1. The van der Waals surface area contributed by atoms with Gasteiger partial charge in [0, 0.05) is 22.8 Å². The van der Waals surface area contributed by atoms with Crippen LogP contribution in [0.15, 0.2) is 46.9 Å². The summed E-state index contributed by atoms with van der Waals surface area (Å²) in [5.41, 5.74) is 3.51. The Kier molecular flexibility index (Phi) is 3.62. The van der Waals surface area contributed by atoms with Gasteiger partial charge in [-0.2, -0.15) is 0 Å². The third kappa shape index (κ3) is 3.22. The minimum atomic E-state index is -0.0847. The third-order valence-electron chi connectivity index (χ3n) is 2.91. The van der Waals surface area contributed by atoms with Crippen molar-refractivity contribution >= 4 is 50.2 Å². The minimum Gasteiger partial charge on any atom is -0.326 e. The molecule has 106 valence electrons. The second kappa shape index (κ2) is 5.57. The van der Waals surface area contributed by atoms with Crippen molar-refractivity contribution in [3.8, 4) is 0 Å². The monoisotopic (exact) mass is 344 g/mol. The highest BCUT2D eigenvalue weighted by molar-refractivity contribution is 9.10. The lowest BCUT2D eigenvalue weighted by molar-refractivity contribution is -0.114. The first-order chi connectivity index (χ1) is 10.1. The van der Waals surface area contributed by atoms with Gasteiger partial charge in [0.2, 0.25) is 11.9 Å². The van der Waals surface area contributed by atoms with Crippen LogP contribution in [0.2, 0.25) is 0 Å². The van der Waals surface area contributed by atoms with E-state index in [2.05, 4.69) is 36.5 Å². The summed E-state index contributed by atoms with van der Waals surface area (Å²) in [5.74, 6) is 0.592. The number of fused-ring (bicyclic) bond motifs is 1. The lowest BCUT2D eigenvalue weighted by Gasteiger charge is -2.05. The molecule has 5 nitrogen and oxygen atoms in total. The molecule has 21 heavy (non-hydrogen) atoms. The number of carbonyl (C=O) groups excluding carboxylic acids is 1. The van der Waals surface area contributed by atoms with E-state index in [-0.39, 0.29) is 5.91 Å². The fourth-order valence-corrected chi connectivity index (χ4v) is 2.38. The number of nitrogens with one attached hydrogen (secondary N) is 3. The van der Waals surface area contributed by atoms with E-state index in [0.29, 0.717) is 5.95 Å². The molecule has 1 aromatic heterocycles. The van der Waals surface area contributed by atoms with Gasteiger partial charge in [0.05, 0.1) is 11.0 Å². The first kappa shape index (κ1) is 13.6. The molecule has 0 unspecified atom stereocenters. The fourth-order valence-electron chi connectivity index (χ4n) is 2.02. The molecule has 0 saturated heterocycles. The van der Waals surface area contributed by atoms with Gasteiger partial charge in [0.25, 0.3) is 0 Å². The number of aromatic nitrogens is 2. The van der Waals surface area contributed by atoms with E-state index >= 15 is 0 Å². The van der Waals surface area contributed by atoms with Gasteiger partial charge in [-0.25, -0.2) is 4.98 Å². The normalized spacial score (nSPS) is 10.6. The maximum atomic E-state index is 11.0. The highest BCUT2D eigenvalue weighted by atomic mass is 79.9. The summed E-state index contributed by atoms with van der Waals surface area (Å²) in [6.45, 7) is 1.48. The van der Waals surface area contributed by atoms with Crippen molar-refractivity contribution in [3.05, 3.63) is 46.9 Å². The van der Waals surface area contributed by atoms with Crippen molar-refractivity contribution in [2.75, 3.05) is 10.6 Å². The van der Waals surface area contributed by atoms with Crippen LogP contribution >= 0.6 is 15.9 Å². The Morgan fingerprint density at radius 3 is 2.57 bits per heavy atom. The highest BCUT2D eigenvalue weighted by Crippen LogP contribution is 2.22. The zero-order valence-electron chi connectivity index (χ0n) is 11.3. The molecule has 2 aromatic carbocycles. The van der Waals surface area contributed by atoms with Crippen molar-refractivity contribution in [3.63, 3.8) is 0 Å². The number of anilines is 3. The van der Waals surface area contributed by atoms with Crippen molar-refractivity contribution in [1.29, 1.82) is 0 Å². The Balaban J connectivity index is 1.79. The van der Waals surface area contributed by atoms with Crippen molar-refractivity contribution in [2.45, 2.75) is 6.92 Å². The summed E-state index contributed by atoms with van der Waals surface area (Å²) in [5, 5.41) is 5.93. The Morgan fingerprint density at radius 2 is 1.86 bits per heavy atom. The smallest absolute Gasteiger partial charge is 0.221 e. The number of nitrogens with zero attached hydrogens (tertiary/aromatic N) is 1. The quantitative estimate of drug-likeness (QED) is 0.671. The molecule has 6 heteroatoms. The molecule has 1 heterocycles. The van der Waals surface area contributed by atoms with Gasteiger partial charge in [-0.1, -0.05) is 15.9 Å². The van der Waals surface area contributed by atoms with E-state index in [1.165, 1.54) is 6.92 Å². The number of halogens is 1. The van der Waals surface area contributed by atoms with Crippen LogP contribution in [0.4, 0.5) is 17.3 Å². The number of aromatic amines is 1. The molecule has 0 spiro atoms. The van der Waals surface area contributed by atoms with E-state index in [1.807, 2.05) is 42.5 Å². The molecule has 3 rings (SSSR count). The van der Waals surface area contributed by atoms with Crippen LogP contribution in [0.3, 0.4) is 0 Å². The largest absolute Gasteiger partial charge is 0.326 e. The molecule has 0 radical (unpaired) electrons. The summed E-state index contributed by atoms with van der Waals surface area (Å²) < 4.78 is 1.00. The molecule has 0 atom stereocenters. The van der Waals surface area contributed by atoms with Crippen LogP contribution in [-0.4, -0.2) is 15.9 Å². The first-order valence-corrected chi connectivity index (χ1v) is 7.19. The summed E-state index contributed by atoms with van der Waals surface area (Å²) in [7, 11) is 0. The highest BCUT2D eigenvalue weighted by Gasteiger charge is 2.03. The van der Waals surface area contributed by atoms with Crippen LogP contribution < -0.4 is 10.6 Å². The summed E-state index contributed by atoms with van der Waals surface area (Å²) in [6.07, 6.45) is 0. The van der Waals surface area contributed by atoms with E-state index in [0.717, 1.165) is 26.9 Å². The molecule has 0 fully saturated rings. The van der Waals surface area contributed by atoms with Gasteiger partial charge in [-0.15, -0.1) is 0 Å². The Bertz CT molecular complexity index is 795. The lowest BCUT2D eigenvalue weighted by atomic mass is 10.3. The van der Waals surface area contributed by atoms with Crippen molar-refractivity contribution < 1.29 is 4.79 Å². The minimum absolute atomic E-state index is 0.0847. The van der Waals surface area contributed by atoms with Gasteiger partial charge in [0.15, 0.2) is 0 Å². The van der Waals surface area contributed by atoms with Crippen LogP contribution in [-0.2, 0) is 4.79 Å². The summed E-state index contributed by atoms with van der Waals surface area (Å²) in [4.78, 5) is 18.6. The fraction of sp³-hybridized carbons (Fsp3) is 0.0667. The van der Waals surface area contributed by atoms with Gasteiger partial charge in [0.1, 0.15) is 0 Å². The van der Waals surface area contributed by atoms with Gasteiger partial charge >= 0.3 is 0 Å². The summed E-state index contributed by atoms with van der Waals surface area (Å²) >= 11 is 3.43. The number of hydrogen-bond donors (Lipinski definition) is 3. The molecule has 0 bridgehead atoms. The summed E-state index contributed by atoms with van der Waals surface area (Å²) in [6, 6.07) is 13.3. The van der Waals surface area contributed by atoms with Crippen LogP contribution in [0.5, 0.6) is 0 Å². The molecular formula is C15H13BrN4O. The topological polar surface area (TPSA) is 69.8 Å². The molecule has 0 aliphatic heterocycles. The van der Waals surface area contributed by atoms with Crippen LogP contribution in [0, 0.1) is 0 Å². The van der Waals surface area contributed by atoms with Crippen molar-refractivity contribution in [2.24, 2.45) is 0 Å². The molecule has 1 amide bonds. The van der Waals surface area contributed by atoms with Crippen molar-refractivity contribution in [1.82, 2.24) is 9.97 Å². The van der Waals surface area contributed by atoms with Crippen LogP contribution in [0.1, 0.15) is 6.92 Å². The molecule has 0 aliphatic carbocycles. The number of rotatable bonds is 3. The first-order valence-electron chi connectivity index (χ1n) is 6.40. The molecule has 0 aliphatic rings. The van der Waals surface area contributed by atoms with E-state index in [1.54, 1.807) is 0 Å². The zero-order chi connectivity index (χ0) is 14.8. The zero-order valence-corrected chi connectivity index (χ0v) is 12.9. The molecule has 0 saturated carbocycles. The van der Waals surface area contributed by atoms with Gasteiger partial charge < -0.3 is 15.6 Å². The Hall–Kier alpha value is -2.34. The maximum absolute atomic E-state index is 11.0. The molecule has 3 N–H and O–H groups in total. The van der Waals surface area contributed by atoms with Crippen LogP contribution in [0.25, 0.3) is 11.0 Å². The SMILES string of the molecule is CC(=O)Nc1ccc(Nc2nc3ccc(Br)cc3[nH]2)cc1. The predicted octanol–water partition coefficient (Wildman–Crippen LogP) is 4.03. The average molecular weight is 345 g/mol. The average Bonchev–Trinajstić information content (AvgIpc) is 2.82. The lowest BCUT2D eigenvalue weighted by Crippen LogP contribution is -2.05. The predicted molar refractivity (Wildman–Crippen MR) is 87.8 cm³/mol.